The Kier molecular flexibility index (Phi) is 3.53. The fourth-order valence-corrected chi connectivity index (χ4v) is 2.19. The van der Waals surface area contributed by atoms with Crippen molar-refractivity contribution in [3.63, 3.8) is 0 Å². The van der Waals surface area contributed by atoms with Crippen LogP contribution in [0.15, 0.2) is 18.6 Å². The molecule has 0 spiro atoms. The van der Waals surface area contributed by atoms with Crippen LogP contribution in [0.3, 0.4) is 0 Å². The van der Waals surface area contributed by atoms with E-state index < -0.39 is 0 Å². The zero-order valence-electron chi connectivity index (χ0n) is 10.1. The van der Waals surface area contributed by atoms with Gasteiger partial charge in [-0.15, -0.1) is 11.3 Å². The molecule has 0 saturated heterocycles. The third-order valence-corrected chi connectivity index (χ3v) is 3.36. The fourth-order valence-electron chi connectivity index (χ4n) is 1.41. The standard InChI is InChI=1S/C11H15N5S/c1-7-4-14-11(17-7)8(2)15-10-6-13-5-9(12-3)16-10/h4-6,8H,1-3H3,(H2,12,15,16). The van der Waals surface area contributed by atoms with Crippen LogP contribution < -0.4 is 10.6 Å². The summed E-state index contributed by atoms with van der Waals surface area (Å²) in [6.45, 7) is 4.11. The van der Waals surface area contributed by atoms with Crippen LogP contribution in [0.2, 0.25) is 0 Å². The number of hydrogen-bond donors (Lipinski definition) is 2. The van der Waals surface area contributed by atoms with Gasteiger partial charge in [0.25, 0.3) is 0 Å². The van der Waals surface area contributed by atoms with E-state index in [-0.39, 0.29) is 6.04 Å². The molecule has 2 aromatic heterocycles. The summed E-state index contributed by atoms with van der Waals surface area (Å²) in [7, 11) is 1.82. The molecule has 0 saturated carbocycles. The van der Waals surface area contributed by atoms with Gasteiger partial charge in [0.15, 0.2) is 0 Å². The summed E-state index contributed by atoms with van der Waals surface area (Å²) in [6.07, 6.45) is 5.27. The first kappa shape index (κ1) is 11.8. The Bertz CT molecular complexity index is 496. The molecule has 2 aromatic rings. The second kappa shape index (κ2) is 5.09. The van der Waals surface area contributed by atoms with Crippen molar-refractivity contribution in [2.45, 2.75) is 19.9 Å². The molecule has 0 aliphatic rings. The molecule has 2 heterocycles. The Labute approximate surface area is 104 Å². The Morgan fingerprint density at radius 1 is 1.24 bits per heavy atom. The largest absolute Gasteiger partial charge is 0.372 e. The fraction of sp³-hybridized carbons (Fsp3) is 0.364. The van der Waals surface area contributed by atoms with Crippen molar-refractivity contribution < 1.29 is 0 Å². The van der Waals surface area contributed by atoms with E-state index in [0.717, 1.165) is 16.6 Å². The summed E-state index contributed by atoms with van der Waals surface area (Å²) in [5.74, 6) is 1.50. The molecule has 1 unspecified atom stereocenters. The average molecular weight is 249 g/mol. The van der Waals surface area contributed by atoms with Crippen molar-refractivity contribution in [1.82, 2.24) is 15.0 Å². The molecule has 0 aliphatic heterocycles. The van der Waals surface area contributed by atoms with Crippen molar-refractivity contribution >= 4 is 23.0 Å². The molecular weight excluding hydrogens is 234 g/mol. The van der Waals surface area contributed by atoms with Crippen LogP contribution >= 0.6 is 11.3 Å². The zero-order chi connectivity index (χ0) is 12.3. The van der Waals surface area contributed by atoms with Gasteiger partial charge in [-0.3, -0.25) is 4.98 Å². The van der Waals surface area contributed by atoms with E-state index in [9.17, 15) is 0 Å². The lowest BCUT2D eigenvalue weighted by Crippen LogP contribution is -2.08. The number of aromatic nitrogens is 3. The topological polar surface area (TPSA) is 62.7 Å². The monoisotopic (exact) mass is 249 g/mol. The van der Waals surface area contributed by atoms with Gasteiger partial charge in [0.05, 0.1) is 18.4 Å². The lowest BCUT2D eigenvalue weighted by atomic mass is 10.3. The van der Waals surface area contributed by atoms with Gasteiger partial charge in [0.2, 0.25) is 0 Å². The molecule has 0 aromatic carbocycles. The van der Waals surface area contributed by atoms with Crippen molar-refractivity contribution in [3.05, 3.63) is 28.5 Å². The third-order valence-electron chi connectivity index (χ3n) is 2.26. The Morgan fingerprint density at radius 3 is 2.65 bits per heavy atom. The summed E-state index contributed by atoms with van der Waals surface area (Å²) >= 11 is 1.69. The Balaban J connectivity index is 2.09. The quantitative estimate of drug-likeness (QED) is 0.871. The SMILES string of the molecule is CNc1cncc(NC(C)c2ncc(C)s2)n1. The van der Waals surface area contributed by atoms with E-state index in [2.05, 4.69) is 39.4 Å². The van der Waals surface area contributed by atoms with Gasteiger partial charge in [-0.2, -0.15) is 0 Å². The number of nitrogens with zero attached hydrogens (tertiary/aromatic N) is 3. The first-order valence-electron chi connectivity index (χ1n) is 5.37. The molecule has 0 bridgehead atoms. The van der Waals surface area contributed by atoms with Crippen LogP contribution in [-0.2, 0) is 0 Å². The second-order valence-electron chi connectivity index (χ2n) is 3.71. The minimum absolute atomic E-state index is 0.134. The van der Waals surface area contributed by atoms with Crippen LogP contribution in [0.1, 0.15) is 22.9 Å². The minimum Gasteiger partial charge on any atom is -0.372 e. The summed E-state index contributed by atoms with van der Waals surface area (Å²) in [4.78, 5) is 14.0. The van der Waals surface area contributed by atoms with Crippen LogP contribution in [0.4, 0.5) is 11.6 Å². The van der Waals surface area contributed by atoms with Gasteiger partial charge >= 0.3 is 0 Å². The summed E-state index contributed by atoms with van der Waals surface area (Å²) in [6, 6.07) is 0.134. The average Bonchev–Trinajstić information content (AvgIpc) is 2.76. The highest BCUT2D eigenvalue weighted by Crippen LogP contribution is 2.22. The molecule has 90 valence electrons. The zero-order valence-corrected chi connectivity index (χ0v) is 10.9. The van der Waals surface area contributed by atoms with Gasteiger partial charge < -0.3 is 10.6 Å². The molecule has 5 nitrogen and oxygen atoms in total. The molecule has 0 fully saturated rings. The highest BCUT2D eigenvalue weighted by molar-refractivity contribution is 7.11. The predicted octanol–water partition coefficient (Wildman–Crippen LogP) is 2.46. The molecule has 0 aliphatic carbocycles. The first-order valence-corrected chi connectivity index (χ1v) is 6.19. The molecule has 1 atom stereocenters. The molecule has 17 heavy (non-hydrogen) atoms. The van der Waals surface area contributed by atoms with E-state index in [1.165, 1.54) is 4.88 Å². The van der Waals surface area contributed by atoms with E-state index in [0.29, 0.717) is 0 Å². The van der Waals surface area contributed by atoms with Gasteiger partial charge in [0, 0.05) is 18.1 Å². The second-order valence-corrected chi connectivity index (χ2v) is 4.98. The van der Waals surface area contributed by atoms with Crippen LogP contribution in [0.25, 0.3) is 0 Å². The van der Waals surface area contributed by atoms with Crippen molar-refractivity contribution in [1.29, 1.82) is 0 Å². The molecule has 6 heteroatoms. The maximum atomic E-state index is 4.36. The highest BCUT2D eigenvalue weighted by atomic mass is 32.1. The molecule has 0 amide bonds. The van der Waals surface area contributed by atoms with E-state index in [1.807, 2.05) is 13.2 Å². The van der Waals surface area contributed by atoms with Gasteiger partial charge in [0.1, 0.15) is 16.6 Å². The predicted molar refractivity (Wildman–Crippen MR) is 70.5 cm³/mol. The Hall–Kier alpha value is -1.69. The van der Waals surface area contributed by atoms with Gasteiger partial charge in [-0.1, -0.05) is 0 Å². The van der Waals surface area contributed by atoms with Crippen LogP contribution in [0.5, 0.6) is 0 Å². The number of thiazole rings is 1. The van der Waals surface area contributed by atoms with Crippen LogP contribution in [-0.4, -0.2) is 22.0 Å². The lowest BCUT2D eigenvalue weighted by molar-refractivity contribution is 0.858. The number of aryl methyl sites for hydroxylation is 1. The summed E-state index contributed by atoms with van der Waals surface area (Å²) < 4.78 is 0. The summed E-state index contributed by atoms with van der Waals surface area (Å²) in [5.41, 5.74) is 0. The smallest absolute Gasteiger partial charge is 0.147 e. The Morgan fingerprint density at radius 2 is 2.00 bits per heavy atom. The van der Waals surface area contributed by atoms with E-state index in [4.69, 9.17) is 0 Å². The van der Waals surface area contributed by atoms with Crippen molar-refractivity contribution in [2.24, 2.45) is 0 Å². The molecule has 2 rings (SSSR count). The minimum atomic E-state index is 0.134. The maximum absolute atomic E-state index is 4.36. The third kappa shape index (κ3) is 2.91. The maximum Gasteiger partial charge on any atom is 0.147 e. The number of anilines is 2. The van der Waals surface area contributed by atoms with E-state index >= 15 is 0 Å². The molecule has 2 N–H and O–H groups in total. The molecule has 0 radical (unpaired) electrons. The summed E-state index contributed by atoms with van der Waals surface area (Å²) in [5, 5.41) is 7.29. The van der Waals surface area contributed by atoms with Crippen molar-refractivity contribution in [3.8, 4) is 0 Å². The lowest BCUT2D eigenvalue weighted by Gasteiger charge is -2.12. The van der Waals surface area contributed by atoms with Gasteiger partial charge in [-0.05, 0) is 13.8 Å². The number of hydrogen-bond acceptors (Lipinski definition) is 6. The van der Waals surface area contributed by atoms with Crippen molar-refractivity contribution in [2.75, 3.05) is 17.7 Å². The van der Waals surface area contributed by atoms with E-state index in [1.54, 1.807) is 23.7 Å². The van der Waals surface area contributed by atoms with Crippen LogP contribution in [0, 0.1) is 6.92 Å². The number of nitrogens with one attached hydrogen (secondary N) is 2. The first-order chi connectivity index (χ1) is 8.19. The molecular formula is C11H15N5S. The van der Waals surface area contributed by atoms with Gasteiger partial charge in [-0.25, -0.2) is 9.97 Å². The highest BCUT2D eigenvalue weighted by Gasteiger charge is 2.10. The normalized spacial score (nSPS) is 12.2. The number of rotatable bonds is 4.